The fourth-order valence-electron chi connectivity index (χ4n) is 8.45. The van der Waals surface area contributed by atoms with E-state index in [4.69, 9.17) is 4.74 Å². The monoisotopic (exact) mass is 442 g/mol. The average molecular weight is 443 g/mol. The maximum absolute atomic E-state index is 13.6. The molecule has 3 heteroatoms. The molecule has 4 unspecified atom stereocenters. The van der Waals surface area contributed by atoms with Crippen molar-refractivity contribution in [3.05, 3.63) is 11.6 Å². The molecular formula is C29H46O3. The van der Waals surface area contributed by atoms with Gasteiger partial charge in [0.05, 0.1) is 0 Å². The van der Waals surface area contributed by atoms with E-state index in [2.05, 4.69) is 26.8 Å². The Morgan fingerprint density at radius 3 is 2.50 bits per heavy atom. The molecule has 3 nitrogen and oxygen atoms in total. The highest BCUT2D eigenvalue weighted by molar-refractivity contribution is 5.86. The average Bonchev–Trinajstić information content (AvgIpc) is 3.07. The van der Waals surface area contributed by atoms with E-state index in [0.29, 0.717) is 29.5 Å². The van der Waals surface area contributed by atoms with E-state index >= 15 is 0 Å². The topological polar surface area (TPSA) is 43.4 Å². The molecule has 3 saturated carbocycles. The van der Waals surface area contributed by atoms with Gasteiger partial charge >= 0.3 is 5.97 Å². The van der Waals surface area contributed by atoms with Crippen LogP contribution in [0.4, 0.5) is 0 Å². The molecule has 3 fully saturated rings. The standard InChI is InChI=1S/C29H46O3/c1-5-6-7-8-9-10-11-21-12-13-24-27-25(15-17-28(21,24)3)29(4)16-14-23(32-20(2)30)18-22(29)19-26(27)31/h18,21,23-25,27H,5-17,19H2,1-4H3/t21-,23?,24?,25?,27?,28+,29-/m0/s1. The largest absolute Gasteiger partial charge is 0.458 e. The molecule has 0 saturated heterocycles. The van der Waals surface area contributed by atoms with E-state index in [9.17, 15) is 9.59 Å². The molecule has 4 rings (SSSR count). The minimum atomic E-state index is -0.216. The summed E-state index contributed by atoms with van der Waals surface area (Å²) in [6, 6.07) is 0. The lowest BCUT2D eigenvalue weighted by Gasteiger charge is -2.57. The first-order chi connectivity index (χ1) is 15.3. The van der Waals surface area contributed by atoms with Gasteiger partial charge in [-0.15, -0.1) is 0 Å². The van der Waals surface area contributed by atoms with Crippen LogP contribution in [-0.2, 0) is 14.3 Å². The van der Waals surface area contributed by atoms with Crippen molar-refractivity contribution >= 4 is 11.8 Å². The van der Waals surface area contributed by atoms with Crippen LogP contribution in [0, 0.1) is 34.5 Å². The number of unbranched alkanes of at least 4 members (excludes halogenated alkanes) is 5. The number of hydrogen-bond acceptors (Lipinski definition) is 3. The number of rotatable bonds is 8. The summed E-state index contributed by atoms with van der Waals surface area (Å²) in [7, 11) is 0. The molecule has 0 heterocycles. The minimum Gasteiger partial charge on any atom is -0.458 e. The van der Waals surface area contributed by atoms with Gasteiger partial charge < -0.3 is 4.74 Å². The first kappa shape index (κ1) is 24.0. The summed E-state index contributed by atoms with van der Waals surface area (Å²) >= 11 is 0. The van der Waals surface area contributed by atoms with Crippen LogP contribution in [0.1, 0.15) is 118 Å². The Hall–Kier alpha value is -1.12. The van der Waals surface area contributed by atoms with Crippen molar-refractivity contribution in [2.45, 2.75) is 124 Å². The molecule has 7 atom stereocenters. The van der Waals surface area contributed by atoms with Crippen molar-refractivity contribution in [2.24, 2.45) is 34.5 Å². The molecular weight excluding hydrogens is 396 g/mol. The third-order valence-corrected chi connectivity index (χ3v) is 10.3. The summed E-state index contributed by atoms with van der Waals surface area (Å²) < 4.78 is 5.50. The number of ether oxygens (including phenoxy) is 1. The molecule has 0 spiro atoms. The van der Waals surface area contributed by atoms with Gasteiger partial charge in [0, 0.05) is 19.3 Å². The van der Waals surface area contributed by atoms with Crippen LogP contribution in [-0.4, -0.2) is 17.9 Å². The highest BCUT2D eigenvalue weighted by Gasteiger charge is 2.61. The van der Waals surface area contributed by atoms with Crippen molar-refractivity contribution in [2.75, 3.05) is 0 Å². The summed E-state index contributed by atoms with van der Waals surface area (Å²) in [4.78, 5) is 25.0. The second-order valence-corrected chi connectivity index (χ2v) is 12.1. The van der Waals surface area contributed by atoms with Crippen molar-refractivity contribution in [3.63, 3.8) is 0 Å². The maximum Gasteiger partial charge on any atom is 0.303 e. The second kappa shape index (κ2) is 9.63. The molecule has 0 aliphatic heterocycles. The van der Waals surface area contributed by atoms with Gasteiger partial charge in [-0.25, -0.2) is 0 Å². The number of allylic oxidation sites excluding steroid dienone is 1. The molecule has 0 aromatic heterocycles. The Kier molecular flexibility index (Phi) is 7.23. The van der Waals surface area contributed by atoms with Crippen LogP contribution in [0.15, 0.2) is 11.6 Å². The predicted octanol–water partition coefficient (Wildman–Crippen LogP) is 7.43. The number of fused-ring (bicyclic) bond motifs is 5. The summed E-state index contributed by atoms with van der Waals surface area (Å²) in [6.07, 6.45) is 19.3. The Balaban J connectivity index is 1.44. The lowest BCUT2D eigenvalue weighted by molar-refractivity contribution is -0.146. The van der Waals surface area contributed by atoms with E-state index in [1.807, 2.05) is 0 Å². The van der Waals surface area contributed by atoms with Gasteiger partial charge in [-0.3, -0.25) is 9.59 Å². The molecule has 0 amide bonds. The SMILES string of the molecule is CCCCCCCC[C@H]1CCC2C3C(=O)CC4=CC(OC(C)=O)CC[C@]4(C)C3CC[C@@]21C. The third kappa shape index (κ3) is 4.34. The fraction of sp³-hybridized carbons (Fsp3) is 0.862. The van der Waals surface area contributed by atoms with E-state index in [1.54, 1.807) is 0 Å². The Morgan fingerprint density at radius 2 is 1.75 bits per heavy atom. The molecule has 32 heavy (non-hydrogen) atoms. The molecule has 0 bridgehead atoms. The Bertz CT molecular complexity index is 739. The summed E-state index contributed by atoms with van der Waals surface area (Å²) in [5.41, 5.74) is 1.76. The highest BCUT2D eigenvalue weighted by Crippen LogP contribution is 2.66. The van der Waals surface area contributed by atoms with Crippen LogP contribution in [0.5, 0.6) is 0 Å². The van der Waals surface area contributed by atoms with Gasteiger partial charge in [-0.1, -0.05) is 64.9 Å². The van der Waals surface area contributed by atoms with E-state index in [0.717, 1.165) is 18.8 Å². The molecule has 0 aromatic rings. The van der Waals surface area contributed by atoms with Gasteiger partial charge in [0.1, 0.15) is 11.9 Å². The first-order valence-electron chi connectivity index (χ1n) is 13.7. The van der Waals surface area contributed by atoms with Gasteiger partial charge in [0.2, 0.25) is 0 Å². The Labute approximate surface area is 196 Å². The molecule has 180 valence electrons. The molecule has 4 aliphatic carbocycles. The number of carbonyl (C=O) groups excluding carboxylic acids is 2. The third-order valence-electron chi connectivity index (χ3n) is 10.3. The van der Waals surface area contributed by atoms with Crippen molar-refractivity contribution in [1.82, 2.24) is 0 Å². The van der Waals surface area contributed by atoms with Gasteiger partial charge in [-0.2, -0.15) is 0 Å². The normalized spacial score (nSPS) is 40.8. The van der Waals surface area contributed by atoms with Gasteiger partial charge in [0.15, 0.2) is 0 Å². The van der Waals surface area contributed by atoms with Gasteiger partial charge in [0.25, 0.3) is 0 Å². The summed E-state index contributed by atoms with van der Waals surface area (Å²) in [6.45, 7) is 8.73. The zero-order chi connectivity index (χ0) is 22.9. The number of carbonyl (C=O) groups is 2. The number of hydrogen-bond donors (Lipinski definition) is 0. The lowest BCUT2D eigenvalue weighted by Crippen LogP contribution is -2.54. The van der Waals surface area contributed by atoms with E-state index < -0.39 is 0 Å². The van der Waals surface area contributed by atoms with E-state index in [-0.39, 0.29) is 23.4 Å². The number of Topliss-reactive ketones (excluding diaryl/α,β-unsaturated/α-hetero) is 1. The van der Waals surface area contributed by atoms with Crippen LogP contribution in [0.3, 0.4) is 0 Å². The van der Waals surface area contributed by atoms with Crippen molar-refractivity contribution in [3.8, 4) is 0 Å². The Morgan fingerprint density at radius 1 is 1.00 bits per heavy atom. The minimum absolute atomic E-state index is 0.119. The van der Waals surface area contributed by atoms with E-state index in [1.165, 1.54) is 83.1 Å². The predicted molar refractivity (Wildman–Crippen MR) is 129 cm³/mol. The smallest absolute Gasteiger partial charge is 0.303 e. The second-order valence-electron chi connectivity index (χ2n) is 12.1. The molecule has 0 radical (unpaired) electrons. The maximum atomic E-state index is 13.6. The lowest BCUT2D eigenvalue weighted by atomic mass is 9.46. The summed E-state index contributed by atoms with van der Waals surface area (Å²) in [5.74, 6) is 2.42. The van der Waals surface area contributed by atoms with Crippen LogP contribution < -0.4 is 0 Å². The molecule has 4 aliphatic rings. The molecule has 0 N–H and O–H groups in total. The molecule has 0 aromatic carbocycles. The number of ketones is 1. The van der Waals surface area contributed by atoms with Gasteiger partial charge in [-0.05, 0) is 79.6 Å². The zero-order valence-electron chi connectivity index (χ0n) is 21.1. The van der Waals surface area contributed by atoms with Crippen molar-refractivity contribution < 1.29 is 14.3 Å². The number of esters is 1. The van der Waals surface area contributed by atoms with Crippen LogP contribution >= 0.6 is 0 Å². The zero-order valence-corrected chi connectivity index (χ0v) is 21.1. The highest BCUT2D eigenvalue weighted by atomic mass is 16.5. The van der Waals surface area contributed by atoms with Crippen LogP contribution in [0.25, 0.3) is 0 Å². The van der Waals surface area contributed by atoms with Crippen LogP contribution in [0.2, 0.25) is 0 Å². The fourth-order valence-corrected chi connectivity index (χ4v) is 8.45. The summed E-state index contributed by atoms with van der Waals surface area (Å²) in [5, 5.41) is 0. The first-order valence-corrected chi connectivity index (χ1v) is 13.7. The quantitative estimate of drug-likeness (QED) is 0.223. The van der Waals surface area contributed by atoms with Crippen molar-refractivity contribution in [1.29, 1.82) is 0 Å².